The van der Waals surface area contributed by atoms with Crippen LogP contribution in [0.4, 0.5) is 0 Å². The second kappa shape index (κ2) is 4.16. The summed E-state index contributed by atoms with van der Waals surface area (Å²) in [5, 5.41) is 0.757. The van der Waals surface area contributed by atoms with Gasteiger partial charge in [0.1, 0.15) is 5.75 Å². The molecular weight excluding hydrogens is 226 g/mol. The lowest BCUT2D eigenvalue weighted by Crippen LogP contribution is -2.18. The zero-order chi connectivity index (χ0) is 12.7. The van der Waals surface area contributed by atoms with Gasteiger partial charge in [-0.25, -0.2) is 0 Å². The largest absolute Gasteiger partial charge is 0.497 e. The number of H-pyrrole nitrogens is 1. The molecule has 0 aliphatic heterocycles. The molecule has 0 spiro atoms. The Balaban J connectivity index is 2.39. The summed E-state index contributed by atoms with van der Waals surface area (Å²) in [6, 6.07) is 3.81. The Morgan fingerprint density at radius 2 is 2.00 bits per heavy atom. The molecule has 1 aliphatic carbocycles. The molecule has 94 valence electrons. The third-order valence-corrected chi connectivity index (χ3v) is 3.81. The molecule has 3 nitrogen and oxygen atoms in total. The Morgan fingerprint density at radius 3 is 2.78 bits per heavy atom. The van der Waals surface area contributed by atoms with Crippen molar-refractivity contribution in [3.8, 4) is 5.75 Å². The highest BCUT2D eigenvalue weighted by Gasteiger charge is 2.16. The Labute approximate surface area is 106 Å². The smallest absolute Gasteiger partial charge is 0.192 e. The average molecular weight is 243 g/mol. The van der Waals surface area contributed by atoms with Gasteiger partial charge in [-0.1, -0.05) is 0 Å². The lowest BCUT2D eigenvalue weighted by Gasteiger charge is -2.17. The van der Waals surface area contributed by atoms with Crippen LogP contribution in [0.2, 0.25) is 0 Å². The number of fused-ring (bicyclic) bond motifs is 2. The first-order chi connectivity index (χ1) is 8.70. The maximum Gasteiger partial charge on any atom is 0.192 e. The van der Waals surface area contributed by atoms with Gasteiger partial charge in [0.25, 0.3) is 0 Å². The maximum atomic E-state index is 12.5. The molecule has 0 fully saturated rings. The third-order valence-electron chi connectivity index (χ3n) is 3.81. The molecule has 0 unspecified atom stereocenters. The number of pyridine rings is 1. The lowest BCUT2D eigenvalue weighted by atomic mass is 9.93. The van der Waals surface area contributed by atoms with Crippen LogP contribution < -0.4 is 10.2 Å². The van der Waals surface area contributed by atoms with E-state index >= 15 is 0 Å². The molecule has 1 aliphatic rings. The molecule has 18 heavy (non-hydrogen) atoms. The van der Waals surface area contributed by atoms with Crippen molar-refractivity contribution >= 4 is 10.9 Å². The van der Waals surface area contributed by atoms with Crippen molar-refractivity contribution in [3.05, 3.63) is 39.2 Å². The Hall–Kier alpha value is -1.77. The molecule has 0 radical (unpaired) electrons. The van der Waals surface area contributed by atoms with E-state index < -0.39 is 0 Å². The number of aryl methyl sites for hydroxylation is 2. The molecule has 0 saturated carbocycles. The fourth-order valence-electron chi connectivity index (χ4n) is 2.82. The van der Waals surface area contributed by atoms with E-state index in [1.807, 2.05) is 19.1 Å². The SMILES string of the molecule is COc1cc(C)c2[nH]c3c(c(=O)c2c1)CCCC3. The first kappa shape index (κ1) is 11.3. The fraction of sp³-hybridized carbons (Fsp3) is 0.400. The number of hydrogen-bond acceptors (Lipinski definition) is 2. The van der Waals surface area contributed by atoms with Gasteiger partial charge in [0.05, 0.1) is 12.6 Å². The summed E-state index contributed by atoms with van der Waals surface area (Å²) in [6.07, 6.45) is 4.18. The molecule has 3 rings (SSSR count). The number of ether oxygens (including phenoxy) is 1. The number of aromatic nitrogens is 1. The number of methoxy groups -OCH3 is 1. The van der Waals surface area contributed by atoms with Gasteiger partial charge < -0.3 is 9.72 Å². The molecule has 1 aromatic heterocycles. The van der Waals surface area contributed by atoms with Gasteiger partial charge in [0.15, 0.2) is 5.43 Å². The second-order valence-electron chi connectivity index (χ2n) is 4.99. The molecule has 1 aromatic carbocycles. The Kier molecular flexibility index (Phi) is 2.62. The minimum Gasteiger partial charge on any atom is -0.497 e. The van der Waals surface area contributed by atoms with Crippen LogP contribution in [-0.4, -0.2) is 12.1 Å². The van der Waals surface area contributed by atoms with Crippen LogP contribution in [0.15, 0.2) is 16.9 Å². The number of nitrogens with one attached hydrogen (secondary N) is 1. The zero-order valence-electron chi connectivity index (χ0n) is 10.8. The normalized spacial score (nSPS) is 14.6. The van der Waals surface area contributed by atoms with Crippen LogP contribution in [0, 0.1) is 6.92 Å². The van der Waals surface area contributed by atoms with Crippen molar-refractivity contribution in [2.45, 2.75) is 32.6 Å². The van der Waals surface area contributed by atoms with Crippen LogP contribution >= 0.6 is 0 Å². The van der Waals surface area contributed by atoms with E-state index in [0.717, 1.165) is 52.7 Å². The van der Waals surface area contributed by atoms with Crippen LogP contribution in [0.5, 0.6) is 5.75 Å². The molecule has 0 amide bonds. The molecule has 0 saturated heterocycles. The van der Waals surface area contributed by atoms with Crippen molar-refractivity contribution < 1.29 is 4.74 Å². The quantitative estimate of drug-likeness (QED) is 0.836. The number of hydrogen-bond donors (Lipinski definition) is 1. The van der Waals surface area contributed by atoms with Gasteiger partial charge in [-0.2, -0.15) is 0 Å². The van der Waals surface area contributed by atoms with Gasteiger partial charge >= 0.3 is 0 Å². The van der Waals surface area contributed by atoms with E-state index in [2.05, 4.69) is 4.98 Å². The van der Waals surface area contributed by atoms with Crippen LogP contribution in [0.25, 0.3) is 10.9 Å². The topological polar surface area (TPSA) is 42.1 Å². The van der Waals surface area contributed by atoms with Gasteiger partial charge in [0.2, 0.25) is 0 Å². The van der Waals surface area contributed by atoms with Crippen molar-refractivity contribution in [2.75, 3.05) is 7.11 Å². The van der Waals surface area contributed by atoms with E-state index in [1.165, 1.54) is 6.42 Å². The molecular formula is C15H17NO2. The van der Waals surface area contributed by atoms with Crippen LogP contribution in [0.1, 0.15) is 29.7 Å². The fourth-order valence-corrected chi connectivity index (χ4v) is 2.82. The zero-order valence-corrected chi connectivity index (χ0v) is 10.8. The predicted octanol–water partition coefficient (Wildman–Crippen LogP) is 2.72. The molecule has 1 N–H and O–H groups in total. The van der Waals surface area contributed by atoms with Crippen LogP contribution in [-0.2, 0) is 12.8 Å². The molecule has 2 aromatic rings. The van der Waals surface area contributed by atoms with Crippen molar-refractivity contribution in [2.24, 2.45) is 0 Å². The minimum atomic E-state index is 0.181. The minimum absolute atomic E-state index is 0.181. The van der Waals surface area contributed by atoms with Crippen molar-refractivity contribution in [1.29, 1.82) is 0 Å². The van der Waals surface area contributed by atoms with Gasteiger partial charge in [-0.3, -0.25) is 4.79 Å². The number of aromatic amines is 1. The lowest BCUT2D eigenvalue weighted by molar-refractivity contribution is 0.415. The summed E-state index contributed by atoms with van der Waals surface area (Å²) in [7, 11) is 1.63. The summed E-state index contributed by atoms with van der Waals surface area (Å²) in [5.74, 6) is 0.751. The van der Waals surface area contributed by atoms with E-state index in [4.69, 9.17) is 4.74 Å². The average Bonchev–Trinajstić information content (AvgIpc) is 2.40. The molecule has 0 bridgehead atoms. The molecule has 1 heterocycles. The highest BCUT2D eigenvalue weighted by molar-refractivity contribution is 5.84. The molecule has 3 heteroatoms. The number of benzene rings is 1. The summed E-state index contributed by atoms with van der Waals surface area (Å²) < 4.78 is 5.25. The maximum absolute atomic E-state index is 12.5. The highest BCUT2D eigenvalue weighted by Crippen LogP contribution is 2.25. The Bertz CT molecular complexity index is 670. The summed E-state index contributed by atoms with van der Waals surface area (Å²) >= 11 is 0. The molecule has 0 atom stereocenters. The van der Waals surface area contributed by atoms with Crippen molar-refractivity contribution in [3.63, 3.8) is 0 Å². The van der Waals surface area contributed by atoms with E-state index in [9.17, 15) is 4.79 Å². The van der Waals surface area contributed by atoms with E-state index in [-0.39, 0.29) is 5.43 Å². The highest BCUT2D eigenvalue weighted by atomic mass is 16.5. The van der Waals surface area contributed by atoms with Gasteiger partial charge in [0, 0.05) is 16.6 Å². The number of rotatable bonds is 1. The second-order valence-corrected chi connectivity index (χ2v) is 4.99. The van der Waals surface area contributed by atoms with E-state index in [1.54, 1.807) is 7.11 Å². The van der Waals surface area contributed by atoms with Crippen LogP contribution in [0.3, 0.4) is 0 Å². The monoisotopic (exact) mass is 243 g/mol. The summed E-state index contributed by atoms with van der Waals surface area (Å²) in [6.45, 7) is 2.01. The van der Waals surface area contributed by atoms with Gasteiger partial charge in [-0.15, -0.1) is 0 Å². The van der Waals surface area contributed by atoms with E-state index in [0.29, 0.717) is 0 Å². The third kappa shape index (κ3) is 1.62. The predicted molar refractivity (Wildman–Crippen MR) is 72.5 cm³/mol. The standard InChI is InChI=1S/C15H17NO2/c1-9-7-10(18-2)8-12-14(9)16-13-6-4-3-5-11(13)15(12)17/h7-8H,3-6H2,1-2H3,(H,16,17). The van der Waals surface area contributed by atoms with Gasteiger partial charge in [-0.05, 0) is 50.3 Å². The first-order valence-electron chi connectivity index (χ1n) is 6.43. The Morgan fingerprint density at radius 1 is 1.22 bits per heavy atom. The first-order valence-corrected chi connectivity index (χ1v) is 6.43. The summed E-state index contributed by atoms with van der Waals surface area (Å²) in [5.41, 5.74) is 4.31. The van der Waals surface area contributed by atoms with Crippen molar-refractivity contribution in [1.82, 2.24) is 4.98 Å². The summed E-state index contributed by atoms with van der Waals surface area (Å²) in [4.78, 5) is 16.0.